The van der Waals surface area contributed by atoms with Crippen LogP contribution in [0, 0.1) is 5.92 Å². The zero-order valence-electron chi connectivity index (χ0n) is 15.5. The Kier molecular flexibility index (Phi) is 4.28. The summed E-state index contributed by atoms with van der Waals surface area (Å²) in [6, 6.07) is 9.52. The first-order valence-electron chi connectivity index (χ1n) is 9.47. The highest BCUT2D eigenvalue weighted by molar-refractivity contribution is 5.95. The molecule has 6 heteroatoms. The molecule has 140 valence electrons. The van der Waals surface area contributed by atoms with Gasteiger partial charge in [-0.2, -0.15) is 0 Å². The van der Waals surface area contributed by atoms with E-state index in [1.807, 2.05) is 54.0 Å². The lowest BCUT2D eigenvalue weighted by molar-refractivity contribution is -0.149. The SMILES string of the molecule is CC(C)C(=O)N1C[C@@H]2C[C@@H](O)CN2C2(CN(C(=O)c3ccccc3)C2)C1. The number of aliphatic hydroxyl groups is 1. The Morgan fingerprint density at radius 2 is 1.73 bits per heavy atom. The van der Waals surface area contributed by atoms with Gasteiger partial charge in [0, 0.05) is 50.2 Å². The summed E-state index contributed by atoms with van der Waals surface area (Å²) in [7, 11) is 0. The molecule has 0 aliphatic carbocycles. The van der Waals surface area contributed by atoms with E-state index in [0.29, 0.717) is 44.7 Å². The van der Waals surface area contributed by atoms with Crippen molar-refractivity contribution in [3.8, 4) is 0 Å². The zero-order chi connectivity index (χ0) is 18.5. The summed E-state index contributed by atoms with van der Waals surface area (Å²) in [5.41, 5.74) is 0.487. The first kappa shape index (κ1) is 17.5. The molecule has 3 aliphatic rings. The maximum absolute atomic E-state index is 12.7. The summed E-state index contributed by atoms with van der Waals surface area (Å²) < 4.78 is 0. The van der Waals surface area contributed by atoms with Crippen LogP contribution in [0.25, 0.3) is 0 Å². The summed E-state index contributed by atoms with van der Waals surface area (Å²) in [4.78, 5) is 31.5. The largest absolute Gasteiger partial charge is 0.392 e. The molecule has 0 unspecified atom stereocenters. The second kappa shape index (κ2) is 6.35. The quantitative estimate of drug-likeness (QED) is 0.851. The Balaban J connectivity index is 1.53. The third kappa shape index (κ3) is 2.81. The molecule has 0 saturated carbocycles. The maximum Gasteiger partial charge on any atom is 0.253 e. The topological polar surface area (TPSA) is 64.1 Å². The fourth-order valence-electron chi connectivity index (χ4n) is 4.80. The third-order valence-electron chi connectivity index (χ3n) is 6.00. The van der Waals surface area contributed by atoms with Crippen LogP contribution in [0.15, 0.2) is 30.3 Å². The van der Waals surface area contributed by atoms with E-state index in [1.54, 1.807) is 0 Å². The van der Waals surface area contributed by atoms with E-state index < -0.39 is 0 Å². The lowest BCUT2D eigenvalue weighted by Gasteiger charge is -2.61. The van der Waals surface area contributed by atoms with E-state index >= 15 is 0 Å². The fourth-order valence-corrected chi connectivity index (χ4v) is 4.80. The van der Waals surface area contributed by atoms with Crippen LogP contribution in [-0.2, 0) is 4.79 Å². The Morgan fingerprint density at radius 3 is 2.38 bits per heavy atom. The maximum atomic E-state index is 12.7. The second-order valence-corrected chi connectivity index (χ2v) is 8.32. The van der Waals surface area contributed by atoms with Crippen molar-refractivity contribution >= 4 is 11.8 Å². The average molecular weight is 357 g/mol. The molecule has 1 N–H and O–H groups in total. The highest BCUT2D eigenvalue weighted by Crippen LogP contribution is 2.39. The van der Waals surface area contributed by atoms with Crippen molar-refractivity contribution in [1.29, 1.82) is 0 Å². The minimum absolute atomic E-state index is 0.0351. The number of fused-ring (bicyclic) bond motifs is 2. The standard InChI is InChI=1S/C20H27N3O3/c1-14(2)18(25)21-9-16-8-17(24)10-23(16)20(11-21)12-22(13-20)19(26)15-6-4-3-5-7-15/h3-7,14,16-17,24H,8-13H2,1-2H3/t16-,17+/m0/s1. The first-order valence-corrected chi connectivity index (χ1v) is 9.47. The summed E-state index contributed by atoms with van der Waals surface area (Å²) in [5.74, 6) is 0.171. The van der Waals surface area contributed by atoms with Crippen LogP contribution in [0.3, 0.4) is 0 Å². The average Bonchev–Trinajstić information content (AvgIpc) is 2.98. The number of carbonyl (C=O) groups is 2. The summed E-state index contributed by atoms with van der Waals surface area (Å²) >= 11 is 0. The third-order valence-corrected chi connectivity index (χ3v) is 6.00. The van der Waals surface area contributed by atoms with Gasteiger partial charge in [-0.05, 0) is 18.6 Å². The lowest BCUT2D eigenvalue weighted by atomic mass is 9.83. The van der Waals surface area contributed by atoms with Crippen LogP contribution in [0.2, 0.25) is 0 Å². The smallest absolute Gasteiger partial charge is 0.253 e. The van der Waals surface area contributed by atoms with E-state index in [4.69, 9.17) is 0 Å². The van der Waals surface area contributed by atoms with Gasteiger partial charge < -0.3 is 14.9 Å². The lowest BCUT2D eigenvalue weighted by Crippen LogP contribution is -2.79. The Morgan fingerprint density at radius 1 is 1.08 bits per heavy atom. The van der Waals surface area contributed by atoms with Crippen molar-refractivity contribution in [2.45, 2.75) is 38.0 Å². The van der Waals surface area contributed by atoms with Gasteiger partial charge in [-0.25, -0.2) is 0 Å². The number of β-amino-alcohol motifs (C(OH)–C–C–N with tert-alkyl or cyclic N) is 1. The van der Waals surface area contributed by atoms with Gasteiger partial charge in [-0.15, -0.1) is 0 Å². The van der Waals surface area contributed by atoms with Gasteiger partial charge in [0.05, 0.1) is 11.6 Å². The van der Waals surface area contributed by atoms with Crippen LogP contribution >= 0.6 is 0 Å². The molecule has 3 heterocycles. The zero-order valence-corrected chi connectivity index (χ0v) is 15.5. The van der Waals surface area contributed by atoms with Crippen LogP contribution in [0.4, 0.5) is 0 Å². The number of amides is 2. The molecule has 3 fully saturated rings. The van der Waals surface area contributed by atoms with Crippen LogP contribution in [0.1, 0.15) is 30.6 Å². The molecule has 3 aliphatic heterocycles. The van der Waals surface area contributed by atoms with E-state index in [-0.39, 0.29) is 35.4 Å². The molecule has 0 radical (unpaired) electrons. The second-order valence-electron chi connectivity index (χ2n) is 8.32. The number of benzene rings is 1. The summed E-state index contributed by atoms with van der Waals surface area (Å²) in [6.07, 6.45) is 0.362. The molecular weight excluding hydrogens is 330 g/mol. The molecule has 2 amide bonds. The number of aliphatic hydroxyl groups excluding tert-OH is 1. The van der Waals surface area contributed by atoms with Gasteiger partial charge >= 0.3 is 0 Å². The molecule has 1 aromatic carbocycles. The van der Waals surface area contributed by atoms with Crippen LogP contribution in [-0.4, -0.2) is 82.0 Å². The molecule has 1 aromatic rings. The first-order chi connectivity index (χ1) is 12.4. The molecule has 1 spiro atoms. The fraction of sp³-hybridized carbons (Fsp3) is 0.600. The van der Waals surface area contributed by atoms with Crippen molar-refractivity contribution in [3.05, 3.63) is 35.9 Å². The number of likely N-dealkylation sites (tertiary alicyclic amines) is 1. The van der Waals surface area contributed by atoms with Gasteiger partial charge in [0.25, 0.3) is 5.91 Å². The van der Waals surface area contributed by atoms with Crippen LogP contribution < -0.4 is 0 Å². The molecule has 0 bridgehead atoms. The van der Waals surface area contributed by atoms with Crippen molar-refractivity contribution in [1.82, 2.24) is 14.7 Å². The van der Waals surface area contributed by atoms with E-state index in [0.717, 1.165) is 0 Å². The molecule has 26 heavy (non-hydrogen) atoms. The Hall–Kier alpha value is -1.92. The number of carbonyl (C=O) groups excluding carboxylic acids is 2. The number of nitrogens with zero attached hydrogens (tertiary/aromatic N) is 3. The van der Waals surface area contributed by atoms with E-state index in [1.165, 1.54) is 0 Å². The van der Waals surface area contributed by atoms with E-state index in [9.17, 15) is 14.7 Å². The Labute approximate surface area is 154 Å². The Bertz CT molecular complexity index is 700. The van der Waals surface area contributed by atoms with Crippen molar-refractivity contribution in [2.75, 3.05) is 32.7 Å². The predicted molar refractivity (Wildman–Crippen MR) is 97.6 cm³/mol. The van der Waals surface area contributed by atoms with Gasteiger partial charge in [0.1, 0.15) is 0 Å². The molecule has 4 rings (SSSR count). The number of hydrogen-bond acceptors (Lipinski definition) is 4. The van der Waals surface area contributed by atoms with Crippen LogP contribution in [0.5, 0.6) is 0 Å². The minimum atomic E-state index is -0.343. The van der Waals surface area contributed by atoms with Gasteiger partial charge in [-0.1, -0.05) is 32.0 Å². The molecule has 0 aromatic heterocycles. The van der Waals surface area contributed by atoms with Gasteiger partial charge in [-0.3, -0.25) is 14.5 Å². The molecule has 6 nitrogen and oxygen atoms in total. The van der Waals surface area contributed by atoms with Gasteiger partial charge in [0.15, 0.2) is 0 Å². The van der Waals surface area contributed by atoms with Crippen molar-refractivity contribution < 1.29 is 14.7 Å². The van der Waals surface area contributed by atoms with Gasteiger partial charge in [0.2, 0.25) is 5.91 Å². The summed E-state index contributed by atoms with van der Waals surface area (Å²) in [5, 5.41) is 10.2. The number of hydrogen-bond donors (Lipinski definition) is 1. The van der Waals surface area contributed by atoms with E-state index in [2.05, 4.69) is 4.90 Å². The molecule has 3 saturated heterocycles. The van der Waals surface area contributed by atoms with Crippen molar-refractivity contribution in [3.63, 3.8) is 0 Å². The highest BCUT2D eigenvalue weighted by Gasteiger charge is 2.57. The summed E-state index contributed by atoms with van der Waals surface area (Å²) in [6.45, 7) is 7.06. The minimum Gasteiger partial charge on any atom is -0.392 e. The monoisotopic (exact) mass is 357 g/mol. The van der Waals surface area contributed by atoms with Crippen molar-refractivity contribution in [2.24, 2.45) is 5.92 Å². The molecular formula is C20H27N3O3. The predicted octanol–water partition coefficient (Wildman–Crippen LogP) is 0.815. The molecule has 2 atom stereocenters. The number of rotatable bonds is 2. The normalized spacial score (nSPS) is 27.5. The highest BCUT2D eigenvalue weighted by atomic mass is 16.3. The number of piperazine rings is 1.